The van der Waals surface area contributed by atoms with Crippen molar-refractivity contribution in [2.45, 2.75) is 19.0 Å². The molecule has 26 heavy (non-hydrogen) atoms. The summed E-state index contributed by atoms with van der Waals surface area (Å²) in [6.07, 6.45) is 8.62. The highest BCUT2D eigenvalue weighted by atomic mass is 15.4. The Hall–Kier alpha value is -3.35. The number of fused-ring (bicyclic) bond motifs is 2. The van der Waals surface area contributed by atoms with Gasteiger partial charge in [0, 0.05) is 30.4 Å². The van der Waals surface area contributed by atoms with Gasteiger partial charge in [0.2, 0.25) is 0 Å². The van der Waals surface area contributed by atoms with Crippen LogP contribution in [0.15, 0.2) is 53.9 Å². The molecule has 0 aliphatic carbocycles. The van der Waals surface area contributed by atoms with E-state index >= 15 is 0 Å². The maximum absolute atomic E-state index is 4.89. The van der Waals surface area contributed by atoms with Crippen LogP contribution in [0.4, 0.5) is 0 Å². The number of aromatic nitrogens is 6. The molecular formula is C19H17N7. The minimum atomic E-state index is 0.0641. The fraction of sp³-hybridized carbons (Fsp3) is 0.211. The first-order chi connectivity index (χ1) is 12.8. The normalized spacial score (nSPS) is 16.1. The topological polar surface area (TPSA) is 73.8 Å². The third kappa shape index (κ3) is 2.57. The molecular weight excluding hydrogens is 326 g/mol. The third-order valence-corrected chi connectivity index (χ3v) is 4.66. The number of pyridine rings is 1. The first kappa shape index (κ1) is 14.9. The molecule has 0 amide bonds. The van der Waals surface area contributed by atoms with Gasteiger partial charge >= 0.3 is 0 Å². The van der Waals surface area contributed by atoms with Gasteiger partial charge in [0.1, 0.15) is 5.35 Å². The minimum Gasteiger partial charge on any atom is -0.275 e. The standard InChI is InChI=1S/C19H17N7/c1-25-12-15(10-21-25)17-6-7-18-19(22-17)26(24-23-18)11-13-4-5-16-14(9-13)3-2-8-20-16/h2-5,7-10,12,17H,6,11H2,1H3. The largest absolute Gasteiger partial charge is 0.275 e. The molecule has 4 heterocycles. The third-order valence-electron chi connectivity index (χ3n) is 4.66. The van der Waals surface area contributed by atoms with Crippen LogP contribution in [0.2, 0.25) is 0 Å². The summed E-state index contributed by atoms with van der Waals surface area (Å²) < 4.78 is 3.67. The van der Waals surface area contributed by atoms with Crippen molar-refractivity contribution in [3.05, 3.63) is 70.9 Å². The molecule has 1 aliphatic rings. The predicted molar refractivity (Wildman–Crippen MR) is 96.7 cm³/mol. The van der Waals surface area contributed by atoms with Crippen molar-refractivity contribution in [2.75, 3.05) is 0 Å². The lowest BCUT2D eigenvalue weighted by atomic mass is 10.1. The highest BCUT2D eigenvalue weighted by Gasteiger charge is 2.16. The zero-order valence-corrected chi connectivity index (χ0v) is 14.3. The summed E-state index contributed by atoms with van der Waals surface area (Å²) in [4.78, 5) is 9.26. The highest BCUT2D eigenvalue weighted by Crippen LogP contribution is 2.21. The van der Waals surface area contributed by atoms with Gasteiger partial charge in [0.25, 0.3) is 0 Å². The molecule has 3 aromatic heterocycles. The Morgan fingerprint density at radius 2 is 2.19 bits per heavy atom. The van der Waals surface area contributed by atoms with Gasteiger partial charge in [0.05, 0.1) is 24.3 Å². The van der Waals surface area contributed by atoms with Gasteiger partial charge in [-0.15, -0.1) is 5.10 Å². The number of hydrogen-bond acceptors (Lipinski definition) is 5. The van der Waals surface area contributed by atoms with E-state index in [0.29, 0.717) is 6.54 Å². The molecule has 1 aromatic carbocycles. The van der Waals surface area contributed by atoms with E-state index in [1.54, 1.807) is 4.68 Å². The Balaban J connectivity index is 1.52. The van der Waals surface area contributed by atoms with Crippen molar-refractivity contribution >= 4 is 17.0 Å². The van der Waals surface area contributed by atoms with Gasteiger partial charge in [0.15, 0.2) is 5.49 Å². The number of benzene rings is 1. The van der Waals surface area contributed by atoms with E-state index in [1.807, 2.05) is 42.5 Å². The van der Waals surface area contributed by atoms with E-state index in [-0.39, 0.29) is 6.04 Å². The molecule has 0 spiro atoms. The van der Waals surface area contributed by atoms with E-state index in [9.17, 15) is 0 Å². The Kier molecular flexibility index (Phi) is 3.38. The molecule has 1 atom stereocenters. The molecule has 0 fully saturated rings. The van der Waals surface area contributed by atoms with Crippen molar-refractivity contribution in [2.24, 2.45) is 12.0 Å². The summed E-state index contributed by atoms with van der Waals surface area (Å²) in [6.45, 7) is 0.629. The SMILES string of the molecule is Cn1cc(C2CC=c3nnn(Cc4ccc5ncccc5c4)c3=N2)cn1. The smallest absolute Gasteiger partial charge is 0.174 e. The second kappa shape index (κ2) is 5.87. The van der Waals surface area contributed by atoms with Crippen LogP contribution in [0.25, 0.3) is 17.0 Å². The molecule has 5 rings (SSSR count). The van der Waals surface area contributed by atoms with Crippen LogP contribution >= 0.6 is 0 Å². The molecule has 1 aliphatic heterocycles. The molecule has 1 unspecified atom stereocenters. The summed E-state index contributed by atoms with van der Waals surface area (Å²) in [5.74, 6) is 0. The Bertz CT molecular complexity index is 1220. The van der Waals surface area contributed by atoms with Crippen molar-refractivity contribution < 1.29 is 0 Å². The predicted octanol–water partition coefficient (Wildman–Crippen LogP) is 1.15. The lowest BCUT2D eigenvalue weighted by molar-refractivity contribution is 0.599. The Morgan fingerprint density at radius 1 is 1.23 bits per heavy atom. The number of rotatable bonds is 3. The van der Waals surface area contributed by atoms with E-state index in [1.165, 1.54) is 0 Å². The van der Waals surface area contributed by atoms with E-state index in [2.05, 4.69) is 44.7 Å². The molecule has 0 radical (unpaired) electrons. The van der Waals surface area contributed by atoms with Crippen LogP contribution in [0.1, 0.15) is 23.6 Å². The summed E-state index contributed by atoms with van der Waals surface area (Å²) in [6, 6.07) is 10.3. The highest BCUT2D eigenvalue weighted by molar-refractivity contribution is 5.78. The number of aryl methyl sites for hydroxylation is 1. The lowest BCUT2D eigenvalue weighted by Crippen LogP contribution is -2.34. The summed E-state index contributed by atoms with van der Waals surface area (Å²) in [5, 5.41) is 14.8. The first-order valence-electron chi connectivity index (χ1n) is 8.56. The molecule has 0 saturated carbocycles. The second-order valence-electron chi connectivity index (χ2n) is 6.52. The molecule has 0 N–H and O–H groups in total. The maximum atomic E-state index is 4.89. The summed E-state index contributed by atoms with van der Waals surface area (Å²) in [7, 11) is 1.92. The van der Waals surface area contributed by atoms with Crippen molar-refractivity contribution in [3.63, 3.8) is 0 Å². The fourth-order valence-electron chi connectivity index (χ4n) is 3.34. The van der Waals surface area contributed by atoms with Crippen LogP contribution in [0.3, 0.4) is 0 Å². The zero-order chi connectivity index (χ0) is 17.5. The molecule has 0 saturated heterocycles. The number of hydrogen-bond donors (Lipinski definition) is 0. The van der Waals surface area contributed by atoms with Crippen LogP contribution < -0.4 is 10.8 Å². The molecule has 7 heteroatoms. The molecule has 128 valence electrons. The maximum Gasteiger partial charge on any atom is 0.174 e. The fourth-order valence-corrected chi connectivity index (χ4v) is 3.34. The van der Waals surface area contributed by atoms with Crippen LogP contribution in [0.5, 0.6) is 0 Å². The van der Waals surface area contributed by atoms with Gasteiger partial charge in [-0.25, -0.2) is 4.68 Å². The van der Waals surface area contributed by atoms with Gasteiger partial charge in [-0.1, -0.05) is 23.4 Å². The van der Waals surface area contributed by atoms with Crippen molar-refractivity contribution in [1.82, 2.24) is 29.8 Å². The Labute approximate surface area is 149 Å². The average Bonchev–Trinajstić information content (AvgIpc) is 3.28. The molecule has 7 nitrogen and oxygen atoms in total. The number of nitrogens with zero attached hydrogens (tertiary/aromatic N) is 7. The van der Waals surface area contributed by atoms with Gasteiger partial charge in [-0.2, -0.15) is 5.10 Å². The van der Waals surface area contributed by atoms with Crippen LogP contribution in [-0.2, 0) is 13.6 Å². The molecule has 4 aromatic rings. The first-order valence-corrected chi connectivity index (χ1v) is 8.56. The van der Waals surface area contributed by atoms with Gasteiger partial charge in [-0.3, -0.25) is 14.7 Å². The van der Waals surface area contributed by atoms with Gasteiger partial charge in [-0.05, 0) is 30.2 Å². The minimum absolute atomic E-state index is 0.0641. The van der Waals surface area contributed by atoms with E-state index in [4.69, 9.17) is 4.99 Å². The van der Waals surface area contributed by atoms with Gasteiger partial charge < -0.3 is 0 Å². The van der Waals surface area contributed by atoms with E-state index < -0.39 is 0 Å². The summed E-state index contributed by atoms with van der Waals surface area (Å²) in [5.41, 5.74) is 4.08. The van der Waals surface area contributed by atoms with Crippen LogP contribution in [0, 0.1) is 0 Å². The zero-order valence-electron chi connectivity index (χ0n) is 14.3. The Morgan fingerprint density at radius 3 is 3.08 bits per heavy atom. The second-order valence-corrected chi connectivity index (χ2v) is 6.52. The molecule has 0 bridgehead atoms. The average molecular weight is 343 g/mol. The summed E-state index contributed by atoms with van der Waals surface area (Å²) >= 11 is 0. The van der Waals surface area contributed by atoms with Crippen molar-refractivity contribution in [3.8, 4) is 0 Å². The monoisotopic (exact) mass is 343 g/mol. The van der Waals surface area contributed by atoms with Crippen molar-refractivity contribution in [1.29, 1.82) is 0 Å². The van der Waals surface area contributed by atoms with Crippen LogP contribution in [-0.4, -0.2) is 29.8 Å². The quantitative estimate of drug-likeness (QED) is 0.559. The van der Waals surface area contributed by atoms with E-state index in [0.717, 1.165) is 39.3 Å². The lowest BCUT2D eigenvalue weighted by Gasteiger charge is -2.10.